The standard InChI is InChI=1S/C12H14N2O3/c15-11(16)4-3-10-2-1-5-13-12(10)14-6-8-17-9-7-14/h1-5H,6-9H2,(H,15,16)/b4-3+. The molecule has 0 amide bonds. The largest absolute Gasteiger partial charge is 0.478 e. The van der Waals surface area contributed by atoms with E-state index in [4.69, 9.17) is 9.84 Å². The summed E-state index contributed by atoms with van der Waals surface area (Å²) in [5, 5.41) is 8.64. The van der Waals surface area contributed by atoms with Crippen LogP contribution in [0.5, 0.6) is 0 Å². The first-order valence-corrected chi connectivity index (χ1v) is 5.46. The van der Waals surface area contributed by atoms with Crippen LogP contribution >= 0.6 is 0 Å². The highest BCUT2D eigenvalue weighted by atomic mass is 16.5. The molecule has 1 aliphatic rings. The molecular formula is C12H14N2O3. The second-order valence-electron chi connectivity index (χ2n) is 3.69. The quantitative estimate of drug-likeness (QED) is 0.791. The van der Waals surface area contributed by atoms with Crippen LogP contribution in [0.3, 0.4) is 0 Å². The van der Waals surface area contributed by atoms with Crippen molar-refractivity contribution in [1.29, 1.82) is 0 Å². The molecule has 1 aliphatic heterocycles. The van der Waals surface area contributed by atoms with Crippen LogP contribution in [-0.4, -0.2) is 42.4 Å². The summed E-state index contributed by atoms with van der Waals surface area (Å²) in [7, 11) is 0. The van der Waals surface area contributed by atoms with Crippen molar-refractivity contribution in [3.8, 4) is 0 Å². The average Bonchev–Trinajstić information content (AvgIpc) is 2.38. The highest BCUT2D eigenvalue weighted by molar-refractivity contribution is 5.86. The predicted molar refractivity (Wildman–Crippen MR) is 63.9 cm³/mol. The maximum Gasteiger partial charge on any atom is 0.328 e. The Morgan fingerprint density at radius 2 is 2.24 bits per heavy atom. The predicted octanol–water partition coefficient (Wildman–Crippen LogP) is 1.02. The minimum atomic E-state index is -0.957. The van der Waals surface area contributed by atoms with Gasteiger partial charge in [0.25, 0.3) is 0 Å². The molecule has 17 heavy (non-hydrogen) atoms. The molecule has 0 atom stereocenters. The van der Waals surface area contributed by atoms with Crippen LogP contribution in [0.25, 0.3) is 6.08 Å². The number of ether oxygens (including phenoxy) is 1. The summed E-state index contributed by atoms with van der Waals surface area (Å²) < 4.78 is 5.28. The van der Waals surface area contributed by atoms with Crippen LogP contribution in [0, 0.1) is 0 Å². The summed E-state index contributed by atoms with van der Waals surface area (Å²) in [6.45, 7) is 2.92. The lowest BCUT2D eigenvalue weighted by molar-refractivity contribution is -0.131. The van der Waals surface area contributed by atoms with E-state index in [1.54, 1.807) is 18.3 Å². The van der Waals surface area contributed by atoms with Gasteiger partial charge in [-0.3, -0.25) is 0 Å². The van der Waals surface area contributed by atoms with Gasteiger partial charge in [-0.15, -0.1) is 0 Å². The van der Waals surface area contributed by atoms with Crippen LogP contribution in [0.1, 0.15) is 5.56 Å². The molecule has 90 valence electrons. The molecule has 1 N–H and O–H groups in total. The topological polar surface area (TPSA) is 62.7 Å². The van der Waals surface area contributed by atoms with Gasteiger partial charge in [-0.25, -0.2) is 9.78 Å². The molecule has 5 heteroatoms. The zero-order chi connectivity index (χ0) is 12.1. The summed E-state index contributed by atoms with van der Waals surface area (Å²) in [5.74, 6) is -0.143. The van der Waals surface area contributed by atoms with Gasteiger partial charge in [-0.2, -0.15) is 0 Å². The van der Waals surface area contributed by atoms with Crippen LogP contribution in [0.4, 0.5) is 5.82 Å². The highest BCUT2D eigenvalue weighted by Crippen LogP contribution is 2.19. The van der Waals surface area contributed by atoms with E-state index in [1.165, 1.54) is 0 Å². The number of aromatic nitrogens is 1. The Labute approximate surface area is 99.3 Å². The number of rotatable bonds is 3. The van der Waals surface area contributed by atoms with Crippen LogP contribution in [0.2, 0.25) is 0 Å². The number of nitrogens with zero attached hydrogens (tertiary/aromatic N) is 2. The van der Waals surface area contributed by atoms with Crippen molar-refractivity contribution in [3.63, 3.8) is 0 Å². The van der Waals surface area contributed by atoms with E-state index in [1.807, 2.05) is 6.07 Å². The molecule has 0 radical (unpaired) electrons. The minimum Gasteiger partial charge on any atom is -0.478 e. The van der Waals surface area contributed by atoms with Crippen LogP contribution in [-0.2, 0) is 9.53 Å². The van der Waals surface area contributed by atoms with Crippen molar-refractivity contribution >= 4 is 17.9 Å². The fraction of sp³-hybridized carbons (Fsp3) is 0.333. The van der Waals surface area contributed by atoms with E-state index in [-0.39, 0.29) is 0 Å². The van der Waals surface area contributed by atoms with Crippen molar-refractivity contribution < 1.29 is 14.6 Å². The van der Waals surface area contributed by atoms with Gasteiger partial charge in [0.15, 0.2) is 0 Å². The van der Waals surface area contributed by atoms with Crippen molar-refractivity contribution in [3.05, 3.63) is 30.0 Å². The summed E-state index contributed by atoms with van der Waals surface area (Å²) >= 11 is 0. The number of aliphatic carboxylic acids is 1. The van der Waals surface area contributed by atoms with Crippen molar-refractivity contribution in [2.24, 2.45) is 0 Å². The first-order chi connectivity index (χ1) is 8.27. The number of carbonyl (C=O) groups is 1. The fourth-order valence-corrected chi connectivity index (χ4v) is 1.74. The van der Waals surface area contributed by atoms with E-state index in [9.17, 15) is 4.79 Å². The van der Waals surface area contributed by atoms with E-state index in [0.29, 0.717) is 13.2 Å². The molecule has 2 heterocycles. The van der Waals surface area contributed by atoms with E-state index in [2.05, 4.69) is 9.88 Å². The highest BCUT2D eigenvalue weighted by Gasteiger charge is 2.14. The molecule has 0 bridgehead atoms. The normalized spacial score (nSPS) is 16.4. The molecule has 0 aromatic carbocycles. The van der Waals surface area contributed by atoms with Crippen molar-refractivity contribution in [2.75, 3.05) is 31.2 Å². The third kappa shape index (κ3) is 3.04. The molecule has 1 aromatic heterocycles. The zero-order valence-corrected chi connectivity index (χ0v) is 9.37. The molecule has 1 aromatic rings. The lowest BCUT2D eigenvalue weighted by Gasteiger charge is -2.28. The lowest BCUT2D eigenvalue weighted by atomic mass is 10.2. The van der Waals surface area contributed by atoms with Gasteiger partial charge < -0.3 is 14.7 Å². The Bertz CT molecular complexity index is 426. The number of hydrogen-bond donors (Lipinski definition) is 1. The third-order valence-electron chi connectivity index (χ3n) is 2.53. The van der Waals surface area contributed by atoms with Crippen LogP contribution < -0.4 is 4.90 Å². The molecule has 1 fully saturated rings. The molecule has 0 aliphatic carbocycles. The van der Waals surface area contributed by atoms with E-state index >= 15 is 0 Å². The number of anilines is 1. The van der Waals surface area contributed by atoms with Crippen LogP contribution in [0.15, 0.2) is 24.4 Å². The van der Waals surface area contributed by atoms with Gasteiger partial charge in [0.1, 0.15) is 5.82 Å². The number of morpholine rings is 1. The van der Waals surface area contributed by atoms with E-state index in [0.717, 1.165) is 30.5 Å². The van der Waals surface area contributed by atoms with Gasteiger partial charge in [0.2, 0.25) is 0 Å². The Balaban J connectivity index is 2.23. The number of carboxylic acid groups (broad SMARTS) is 1. The molecule has 0 saturated carbocycles. The Morgan fingerprint density at radius 3 is 2.94 bits per heavy atom. The number of carboxylic acids is 1. The Kier molecular flexibility index (Phi) is 3.72. The number of pyridine rings is 1. The Hall–Kier alpha value is -1.88. The summed E-state index contributed by atoms with van der Waals surface area (Å²) in [5.41, 5.74) is 0.816. The number of hydrogen-bond acceptors (Lipinski definition) is 4. The molecule has 1 saturated heterocycles. The first-order valence-electron chi connectivity index (χ1n) is 5.46. The zero-order valence-electron chi connectivity index (χ0n) is 9.37. The molecule has 5 nitrogen and oxygen atoms in total. The van der Waals surface area contributed by atoms with Gasteiger partial charge >= 0.3 is 5.97 Å². The average molecular weight is 234 g/mol. The van der Waals surface area contributed by atoms with Gasteiger partial charge in [-0.05, 0) is 18.2 Å². The second kappa shape index (κ2) is 5.45. The fourth-order valence-electron chi connectivity index (χ4n) is 1.74. The molecule has 2 rings (SSSR count). The van der Waals surface area contributed by atoms with Gasteiger partial charge in [0, 0.05) is 30.9 Å². The minimum absolute atomic E-state index is 0.679. The third-order valence-corrected chi connectivity index (χ3v) is 2.53. The summed E-state index contributed by atoms with van der Waals surface area (Å²) in [6.07, 6.45) is 4.41. The SMILES string of the molecule is O=C(O)/C=C/c1cccnc1N1CCOCC1. The smallest absolute Gasteiger partial charge is 0.328 e. The van der Waals surface area contributed by atoms with Gasteiger partial charge in [-0.1, -0.05) is 0 Å². The molecule has 0 unspecified atom stereocenters. The van der Waals surface area contributed by atoms with Gasteiger partial charge in [0.05, 0.1) is 13.2 Å². The molecular weight excluding hydrogens is 220 g/mol. The van der Waals surface area contributed by atoms with Crippen molar-refractivity contribution in [1.82, 2.24) is 4.98 Å². The lowest BCUT2D eigenvalue weighted by Crippen LogP contribution is -2.37. The van der Waals surface area contributed by atoms with Crippen molar-refractivity contribution in [2.45, 2.75) is 0 Å². The molecule has 0 spiro atoms. The maximum atomic E-state index is 10.5. The summed E-state index contributed by atoms with van der Waals surface area (Å²) in [4.78, 5) is 16.9. The maximum absolute atomic E-state index is 10.5. The van der Waals surface area contributed by atoms with E-state index < -0.39 is 5.97 Å². The first kappa shape index (κ1) is 11.6. The second-order valence-corrected chi connectivity index (χ2v) is 3.69. The summed E-state index contributed by atoms with van der Waals surface area (Å²) in [6, 6.07) is 3.66. The monoisotopic (exact) mass is 234 g/mol. The Morgan fingerprint density at radius 1 is 1.47 bits per heavy atom.